The molecular weight excluding hydrogens is 390 g/mol. The number of hydrogen-bond acceptors (Lipinski definition) is 7. The zero-order valence-electron chi connectivity index (χ0n) is 18.1. The van der Waals surface area contributed by atoms with Crippen LogP contribution in [-0.2, 0) is 23.7 Å². The molecule has 8 atom stereocenters. The first-order valence-corrected chi connectivity index (χ1v) is 11.1. The van der Waals surface area contributed by atoms with Crippen molar-refractivity contribution in [1.82, 2.24) is 0 Å². The van der Waals surface area contributed by atoms with E-state index in [1.165, 1.54) is 7.11 Å². The standard InChI is InChI=1S/C22H31NO7/c1-5-14(24)13-7-8-15-17-16-11(2)19(18-12(3)20(27-4)21(25)28-18)30-22(16,29-15)9-6-10-23(13,17)26/h11,13-17,24H,5-10H2,1-4H3/b19-18-/t11-,13+,14+,15+,16+,17-,22+,23?/m0/s1. The maximum absolute atomic E-state index is 14.3. The van der Waals surface area contributed by atoms with Gasteiger partial charge in [-0.3, -0.25) is 0 Å². The van der Waals surface area contributed by atoms with Crippen LogP contribution in [0.2, 0.25) is 0 Å². The van der Waals surface area contributed by atoms with Crippen molar-refractivity contribution in [3.05, 3.63) is 28.1 Å². The molecule has 8 heteroatoms. The molecule has 0 amide bonds. The van der Waals surface area contributed by atoms with Crippen molar-refractivity contribution in [2.24, 2.45) is 11.8 Å². The second kappa shape index (κ2) is 6.69. The summed E-state index contributed by atoms with van der Waals surface area (Å²) in [6, 6.07) is -0.618. The molecule has 4 fully saturated rings. The number of carbonyl (C=O) groups is 1. The predicted octanol–water partition coefficient (Wildman–Crippen LogP) is 2.46. The molecule has 30 heavy (non-hydrogen) atoms. The third-order valence-corrected chi connectivity index (χ3v) is 8.04. The van der Waals surface area contributed by atoms with Crippen LogP contribution in [0.4, 0.5) is 0 Å². The average Bonchev–Trinajstić information content (AvgIpc) is 3.25. The first-order valence-electron chi connectivity index (χ1n) is 11.1. The van der Waals surface area contributed by atoms with E-state index in [-0.39, 0.29) is 35.8 Å². The van der Waals surface area contributed by atoms with Gasteiger partial charge in [0.25, 0.3) is 0 Å². The summed E-state index contributed by atoms with van der Waals surface area (Å²) in [7, 11) is 1.44. The lowest BCUT2D eigenvalue weighted by molar-refractivity contribution is -0.942. The van der Waals surface area contributed by atoms with E-state index in [9.17, 15) is 15.1 Å². The van der Waals surface area contributed by atoms with Gasteiger partial charge in [0.2, 0.25) is 11.5 Å². The van der Waals surface area contributed by atoms with Crippen LogP contribution in [0.5, 0.6) is 0 Å². The number of esters is 1. The quantitative estimate of drug-likeness (QED) is 0.425. The van der Waals surface area contributed by atoms with Crippen LogP contribution < -0.4 is 0 Å². The molecule has 0 aromatic heterocycles. The maximum Gasteiger partial charge on any atom is 0.379 e. The number of aliphatic hydroxyl groups excluding tert-OH is 1. The van der Waals surface area contributed by atoms with Crippen LogP contribution in [0, 0.1) is 17.0 Å². The fraction of sp³-hybridized carbons (Fsp3) is 0.773. The normalized spacial score (nSPS) is 48.2. The summed E-state index contributed by atoms with van der Waals surface area (Å²) < 4.78 is 23.3. The molecule has 0 aromatic rings. The van der Waals surface area contributed by atoms with Crippen LogP contribution in [-0.4, -0.2) is 59.5 Å². The number of quaternary nitrogens is 1. The first kappa shape index (κ1) is 20.3. The fourth-order valence-electron chi connectivity index (χ4n) is 6.78. The second-order valence-electron chi connectivity index (χ2n) is 9.42. The lowest BCUT2D eigenvalue weighted by atomic mass is 9.77. The van der Waals surface area contributed by atoms with Gasteiger partial charge in [-0.15, -0.1) is 0 Å². The number of ether oxygens (including phenoxy) is 4. The molecule has 0 aromatic carbocycles. The highest BCUT2D eigenvalue weighted by Gasteiger charge is 2.72. The van der Waals surface area contributed by atoms with Gasteiger partial charge in [-0.25, -0.2) is 4.79 Å². The number of aliphatic hydroxyl groups is 1. The monoisotopic (exact) mass is 421 g/mol. The minimum Gasteiger partial charge on any atom is -0.632 e. The van der Waals surface area contributed by atoms with E-state index in [1.54, 1.807) is 6.92 Å². The maximum atomic E-state index is 14.3. The van der Waals surface area contributed by atoms with Gasteiger partial charge in [0.1, 0.15) is 30.1 Å². The lowest BCUT2D eigenvalue weighted by Gasteiger charge is -2.58. The highest BCUT2D eigenvalue weighted by molar-refractivity contribution is 5.92. The minimum absolute atomic E-state index is 0.143. The van der Waals surface area contributed by atoms with Crippen molar-refractivity contribution in [2.45, 2.75) is 83.0 Å². The van der Waals surface area contributed by atoms with E-state index in [4.69, 9.17) is 18.9 Å². The van der Waals surface area contributed by atoms with E-state index in [0.29, 0.717) is 49.3 Å². The summed E-state index contributed by atoms with van der Waals surface area (Å²) in [5.74, 6) is -0.528. The number of rotatable bonds is 3. The SMILES string of the molecule is CC[C@@H](O)[C@H]1CC[C@H]2O[C@@]34CCC[N+]1([O-])[C@@H]2[C@H]3[C@H](C)/C(=C1/OC(=O)C(OC)=C1C)O4. The van der Waals surface area contributed by atoms with Crippen LogP contribution in [0.15, 0.2) is 22.9 Å². The summed E-state index contributed by atoms with van der Waals surface area (Å²) in [6.07, 6.45) is 2.51. The summed E-state index contributed by atoms with van der Waals surface area (Å²) in [5.41, 5.74) is 0.610. The molecule has 166 valence electrons. The smallest absolute Gasteiger partial charge is 0.379 e. The van der Waals surface area contributed by atoms with Gasteiger partial charge < -0.3 is 33.9 Å². The van der Waals surface area contributed by atoms with Crippen LogP contribution in [0.1, 0.15) is 52.9 Å². The van der Waals surface area contributed by atoms with Crippen LogP contribution in [0.3, 0.4) is 0 Å². The van der Waals surface area contributed by atoms with Crippen molar-refractivity contribution in [3.8, 4) is 0 Å². The molecule has 1 N–H and O–H groups in total. The number of nitrogens with zero attached hydrogens (tertiary/aromatic N) is 1. The highest BCUT2D eigenvalue weighted by atomic mass is 16.7. The number of hydrogen-bond donors (Lipinski definition) is 1. The zero-order valence-corrected chi connectivity index (χ0v) is 18.1. The summed E-state index contributed by atoms with van der Waals surface area (Å²) >= 11 is 0. The van der Waals surface area contributed by atoms with Gasteiger partial charge in [-0.2, -0.15) is 0 Å². The van der Waals surface area contributed by atoms with Crippen LogP contribution >= 0.6 is 0 Å². The van der Waals surface area contributed by atoms with Crippen molar-refractivity contribution < 1.29 is 33.5 Å². The number of methoxy groups -OCH3 is 1. The first-order chi connectivity index (χ1) is 14.3. The Labute approximate surface area is 176 Å². The molecule has 0 spiro atoms. The Kier molecular flexibility index (Phi) is 4.53. The molecule has 0 aliphatic carbocycles. The number of allylic oxidation sites excluding steroid dienone is 2. The summed E-state index contributed by atoms with van der Waals surface area (Å²) in [4.78, 5) is 12.2. The Morgan fingerprint density at radius 1 is 1.40 bits per heavy atom. The molecule has 5 rings (SSSR count). The zero-order chi connectivity index (χ0) is 21.4. The molecular formula is C22H31NO7. The Bertz CT molecular complexity index is 837. The van der Waals surface area contributed by atoms with E-state index in [2.05, 4.69) is 0 Å². The van der Waals surface area contributed by atoms with Gasteiger partial charge in [0.15, 0.2) is 5.76 Å². The Hall–Kier alpha value is -1.61. The van der Waals surface area contributed by atoms with Gasteiger partial charge >= 0.3 is 5.97 Å². The van der Waals surface area contributed by atoms with Crippen LogP contribution in [0.25, 0.3) is 0 Å². The molecule has 2 bridgehead atoms. The molecule has 8 nitrogen and oxygen atoms in total. The molecule has 5 heterocycles. The van der Waals surface area contributed by atoms with Crippen molar-refractivity contribution in [2.75, 3.05) is 13.7 Å². The fourth-order valence-corrected chi connectivity index (χ4v) is 6.78. The molecule has 1 unspecified atom stereocenters. The summed E-state index contributed by atoms with van der Waals surface area (Å²) in [5, 5.41) is 25.0. The number of carbonyl (C=O) groups excluding carboxylic acids is 1. The molecule has 4 saturated heterocycles. The molecule has 5 aliphatic rings. The third-order valence-electron chi connectivity index (χ3n) is 8.04. The number of piperidine rings is 1. The number of hydroxylamine groups is 3. The van der Waals surface area contributed by atoms with E-state index >= 15 is 0 Å². The second-order valence-corrected chi connectivity index (χ2v) is 9.42. The van der Waals surface area contributed by atoms with Crippen molar-refractivity contribution in [3.63, 3.8) is 0 Å². The van der Waals surface area contributed by atoms with E-state index in [1.807, 2.05) is 13.8 Å². The molecule has 0 saturated carbocycles. The Morgan fingerprint density at radius 3 is 2.83 bits per heavy atom. The Balaban J connectivity index is 1.58. The topological polar surface area (TPSA) is 97.3 Å². The third kappa shape index (κ3) is 2.45. The molecule has 5 aliphatic heterocycles. The van der Waals surface area contributed by atoms with E-state index in [0.717, 1.165) is 6.42 Å². The molecule has 0 radical (unpaired) electrons. The van der Waals surface area contributed by atoms with Crippen molar-refractivity contribution >= 4 is 5.97 Å². The van der Waals surface area contributed by atoms with Crippen molar-refractivity contribution in [1.29, 1.82) is 0 Å². The highest BCUT2D eigenvalue weighted by Crippen LogP contribution is 2.61. The summed E-state index contributed by atoms with van der Waals surface area (Å²) in [6.45, 7) is 6.22. The minimum atomic E-state index is -0.865. The number of cyclic esters (lactones) is 1. The van der Waals surface area contributed by atoms with Gasteiger partial charge in [0, 0.05) is 30.8 Å². The van der Waals surface area contributed by atoms with Gasteiger partial charge in [-0.1, -0.05) is 13.8 Å². The van der Waals surface area contributed by atoms with Gasteiger partial charge in [0.05, 0.1) is 19.6 Å². The van der Waals surface area contributed by atoms with Gasteiger partial charge in [-0.05, 0) is 19.8 Å². The average molecular weight is 421 g/mol. The lowest BCUT2D eigenvalue weighted by Crippen LogP contribution is -2.68. The largest absolute Gasteiger partial charge is 0.632 e. The predicted molar refractivity (Wildman–Crippen MR) is 105 cm³/mol. The Morgan fingerprint density at radius 2 is 2.17 bits per heavy atom. The van der Waals surface area contributed by atoms with E-state index < -0.39 is 22.5 Å².